The molecule has 0 saturated carbocycles. The predicted molar refractivity (Wildman–Crippen MR) is 144 cm³/mol. The molecule has 0 saturated heterocycles. The van der Waals surface area contributed by atoms with Crippen LogP contribution in [0.3, 0.4) is 0 Å². The summed E-state index contributed by atoms with van der Waals surface area (Å²) in [7, 11) is 0. The van der Waals surface area contributed by atoms with Gasteiger partial charge in [-0.25, -0.2) is 24.0 Å². The predicted octanol–water partition coefficient (Wildman–Crippen LogP) is 0.247. The number of nitrogens with one attached hydrogen (secondary N) is 3. The minimum absolute atomic E-state index is 0. The van der Waals surface area contributed by atoms with Gasteiger partial charge in [0, 0.05) is 24.3 Å². The van der Waals surface area contributed by atoms with Crippen molar-refractivity contribution < 1.29 is 63.1 Å². The van der Waals surface area contributed by atoms with Crippen molar-refractivity contribution in [3.63, 3.8) is 0 Å². The highest BCUT2D eigenvalue weighted by Gasteiger charge is 2.36. The summed E-state index contributed by atoms with van der Waals surface area (Å²) in [6.07, 6.45) is 1.54. The largest absolute Gasteiger partial charge is 0.480 e. The number of ether oxygens (including phenoxy) is 2. The molecule has 17 heteroatoms. The second-order valence-corrected chi connectivity index (χ2v) is 10.1. The normalized spacial score (nSPS) is 14.0. The number of amides is 5. The van der Waals surface area contributed by atoms with Gasteiger partial charge >= 0.3 is 30.1 Å². The number of carboxylic acid groups (broad SMARTS) is 3. The van der Waals surface area contributed by atoms with Crippen LogP contribution in [0.2, 0.25) is 0 Å². The molecule has 0 aliphatic carbocycles. The molecule has 0 bridgehead atoms. The van der Waals surface area contributed by atoms with Crippen LogP contribution in [0.4, 0.5) is 9.59 Å². The zero-order valence-electron chi connectivity index (χ0n) is 23.2. The third-order valence-electron chi connectivity index (χ3n) is 4.12. The Kier molecular flexibility index (Phi) is 15.8. The maximum atomic E-state index is 11.4. The molecule has 17 nitrogen and oxygen atoms in total. The molecule has 1 aliphatic heterocycles. The van der Waals surface area contributed by atoms with Crippen molar-refractivity contribution >= 4 is 47.8 Å². The Labute approximate surface area is 241 Å². The number of aliphatic carboxylic acids is 3. The van der Waals surface area contributed by atoms with Gasteiger partial charge < -0.3 is 40.7 Å². The summed E-state index contributed by atoms with van der Waals surface area (Å²) in [5, 5.41) is 32.7. The van der Waals surface area contributed by atoms with Crippen LogP contribution < -0.4 is 16.0 Å². The van der Waals surface area contributed by atoms with Crippen molar-refractivity contribution in [2.45, 2.75) is 72.3 Å². The molecule has 1 rings (SSSR count). The lowest BCUT2D eigenvalue weighted by Crippen LogP contribution is -2.51. The lowest BCUT2D eigenvalue weighted by molar-refractivity contribution is -0.153. The first kappa shape index (κ1) is 39.2. The maximum Gasteiger partial charge on any atom is 0.407 e. The van der Waals surface area contributed by atoms with Crippen molar-refractivity contribution in [1.29, 1.82) is 0 Å². The van der Waals surface area contributed by atoms with E-state index in [9.17, 15) is 38.4 Å². The molecule has 1 heterocycles. The van der Waals surface area contributed by atoms with Crippen LogP contribution in [0.25, 0.3) is 0 Å². The molecule has 236 valence electrons. The standard InChI is InChI=1S/C12H18N2O7.C12H16N2O6.CH4/c1-12(2,3)21-11(20)13-6-7(10(18)19)14-8(15)4-5-9(16)17;1-12(2,3)20-11(19)13-6-7(10(17)18)14-8(15)4-5-9(14)16;/h4-5,7H,6H2,1-3H3,(H,13,20)(H,14,15)(H,16,17)(H,18,19);4-5,7H,6H2,1-3H3,(H,13,19)(H,17,18);1H4/b5-4-;;/t2*7-;/m00./s1. The zero-order chi connectivity index (χ0) is 32.1. The summed E-state index contributed by atoms with van der Waals surface area (Å²) in [6, 6.07) is -2.89. The van der Waals surface area contributed by atoms with Gasteiger partial charge in [0.05, 0.1) is 13.1 Å². The summed E-state index contributed by atoms with van der Waals surface area (Å²) in [5.74, 6) is -6.49. The van der Waals surface area contributed by atoms with E-state index in [0.29, 0.717) is 17.1 Å². The van der Waals surface area contributed by atoms with Crippen LogP contribution in [0.1, 0.15) is 49.0 Å². The Hall–Kier alpha value is -4.96. The monoisotopic (exact) mass is 602 g/mol. The van der Waals surface area contributed by atoms with Crippen molar-refractivity contribution in [2.75, 3.05) is 13.1 Å². The van der Waals surface area contributed by atoms with E-state index in [4.69, 9.17) is 24.8 Å². The number of alkyl carbamates (subject to hydrolysis) is 2. The summed E-state index contributed by atoms with van der Waals surface area (Å²) in [5.41, 5.74) is -1.47. The Morgan fingerprint density at radius 3 is 1.57 bits per heavy atom. The number of carbonyl (C=O) groups is 8. The van der Waals surface area contributed by atoms with Crippen LogP contribution in [0.15, 0.2) is 24.3 Å². The number of carbonyl (C=O) groups excluding carboxylic acids is 5. The molecule has 0 fully saturated rings. The average Bonchev–Trinajstić information content (AvgIpc) is 3.11. The van der Waals surface area contributed by atoms with Crippen LogP contribution >= 0.6 is 0 Å². The lowest BCUT2D eigenvalue weighted by Gasteiger charge is -2.24. The SMILES string of the molecule is C.CC(C)(C)OC(=O)NC[C@@H](C(=O)O)N1C(=O)C=CC1=O.CC(C)(C)OC(=O)NC[C@H](NC(=O)/C=C\C(=O)O)C(=O)O. The number of hydrogen-bond acceptors (Lipinski definition) is 10. The van der Waals surface area contributed by atoms with Crippen LogP contribution in [-0.2, 0) is 38.2 Å². The van der Waals surface area contributed by atoms with Gasteiger partial charge in [0.1, 0.15) is 17.2 Å². The fourth-order valence-electron chi connectivity index (χ4n) is 2.57. The Bertz CT molecular complexity index is 1080. The Morgan fingerprint density at radius 1 is 0.786 bits per heavy atom. The molecule has 42 heavy (non-hydrogen) atoms. The molecule has 2 atom stereocenters. The van der Waals surface area contributed by atoms with Crippen molar-refractivity contribution in [2.24, 2.45) is 0 Å². The van der Waals surface area contributed by atoms with Crippen molar-refractivity contribution in [3.05, 3.63) is 24.3 Å². The van der Waals surface area contributed by atoms with Gasteiger partial charge in [0.25, 0.3) is 11.8 Å². The second kappa shape index (κ2) is 17.0. The molecule has 0 radical (unpaired) electrons. The van der Waals surface area contributed by atoms with Gasteiger partial charge in [0.15, 0.2) is 6.04 Å². The van der Waals surface area contributed by atoms with Gasteiger partial charge in [-0.3, -0.25) is 19.3 Å². The van der Waals surface area contributed by atoms with Crippen molar-refractivity contribution in [3.8, 4) is 0 Å². The van der Waals surface area contributed by atoms with Crippen molar-refractivity contribution in [1.82, 2.24) is 20.9 Å². The third-order valence-corrected chi connectivity index (χ3v) is 4.12. The minimum atomic E-state index is -1.47. The van der Waals surface area contributed by atoms with E-state index in [1.54, 1.807) is 41.5 Å². The lowest BCUT2D eigenvalue weighted by atomic mass is 10.2. The van der Waals surface area contributed by atoms with Gasteiger partial charge in [-0.2, -0.15) is 0 Å². The highest BCUT2D eigenvalue weighted by molar-refractivity contribution is 6.14. The van der Waals surface area contributed by atoms with Gasteiger partial charge in [0.2, 0.25) is 5.91 Å². The first-order valence-electron chi connectivity index (χ1n) is 11.8. The fourth-order valence-corrected chi connectivity index (χ4v) is 2.57. The van der Waals surface area contributed by atoms with E-state index in [2.05, 4.69) is 10.6 Å². The van der Waals surface area contributed by atoms with Gasteiger partial charge in [-0.15, -0.1) is 0 Å². The Balaban J connectivity index is 0. The van der Waals surface area contributed by atoms with E-state index >= 15 is 0 Å². The smallest absolute Gasteiger partial charge is 0.407 e. The van der Waals surface area contributed by atoms with E-state index in [1.165, 1.54) is 0 Å². The average molecular weight is 603 g/mol. The van der Waals surface area contributed by atoms with E-state index in [1.807, 2.05) is 5.32 Å². The van der Waals surface area contributed by atoms with E-state index in [-0.39, 0.29) is 7.43 Å². The summed E-state index contributed by atoms with van der Waals surface area (Å²) in [4.78, 5) is 89.7. The molecule has 0 aromatic carbocycles. The number of nitrogens with zero attached hydrogens (tertiary/aromatic N) is 1. The minimum Gasteiger partial charge on any atom is -0.480 e. The highest BCUT2D eigenvalue weighted by atomic mass is 16.6. The Morgan fingerprint density at radius 2 is 1.21 bits per heavy atom. The summed E-state index contributed by atoms with van der Waals surface area (Å²) < 4.78 is 9.84. The second-order valence-electron chi connectivity index (χ2n) is 10.1. The number of hydrogen-bond donors (Lipinski definition) is 6. The molecule has 1 aliphatic rings. The fraction of sp³-hybridized carbons (Fsp3) is 0.520. The van der Waals surface area contributed by atoms with E-state index in [0.717, 1.165) is 12.2 Å². The van der Waals surface area contributed by atoms with E-state index < -0.39 is 84.2 Å². The van der Waals surface area contributed by atoms with Crippen LogP contribution in [-0.4, -0.2) is 104 Å². The summed E-state index contributed by atoms with van der Waals surface area (Å²) in [6.45, 7) is 9.04. The van der Waals surface area contributed by atoms with Crippen LogP contribution in [0, 0.1) is 0 Å². The quantitative estimate of drug-likeness (QED) is 0.145. The maximum absolute atomic E-state index is 11.4. The zero-order valence-corrected chi connectivity index (χ0v) is 23.2. The van der Waals surface area contributed by atoms with Crippen LogP contribution in [0.5, 0.6) is 0 Å². The van der Waals surface area contributed by atoms with Gasteiger partial charge in [-0.1, -0.05) is 7.43 Å². The summed E-state index contributed by atoms with van der Waals surface area (Å²) >= 11 is 0. The molecule has 0 aromatic heterocycles. The first-order chi connectivity index (χ1) is 18.6. The topological polar surface area (TPSA) is 255 Å². The molecule has 5 amide bonds. The third kappa shape index (κ3) is 16.9. The highest BCUT2D eigenvalue weighted by Crippen LogP contribution is 2.10. The number of imide groups is 1. The molecule has 0 spiro atoms. The molecule has 0 aromatic rings. The first-order valence-corrected chi connectivity index (χ1v) is 11.8. The molecule has 6 N–H and O–H groups in total. The molecular formula is C25H38N4O13. The van der Waals surface area contributed by atoms with Gasteiger partial charge in [-0.05, 0) is 41.5 Å². The number of rotatable bonds is 10. The molecular weight excluding hydrogens is 564 g/mol. The number of carboxylic acids is 3. The molecule has 0 unspecified atom stereocenters.